The number of hydrogen-bond acceptors (Lipinski definition) is 2. The second-order valence-electron chi connectivity index (χ2n) is 5.11. The van der Waals surface area contributed by atoms with Crippen LogP contribution in [0.15, 0.2) is 12.3 Å². The van der Waals surface area contributed by atoms with E-state index in [0.29, 0.717) is 11.5 Å². The summed E-state index contributed by atoms with van der Waals surface area (Å²) in [6.45, 7) is 8.81. The number of aromatic nitrogens is 2. The molecule has 1 N–H and O–H groups in total. The van der Waals surface area contributed by atoms with Crippen molar-refractivity contribution in [3.05, 3.63) is 18.0 Å². The first-order valence-electron chi connectivity index (χ1n) is 6.46. The van der Waals surface area contributed by atoms with Gasteiger partial charge in [0.05, 0.1) is 11.7 Å². The Balaban J connectivity index is 2.18. The highest BCUT2D eigenvalue weighted by atomic mass is 15.3. The molecule has 1 unspecified atom stereocenters. The van der Waals surface area contributed by atoms with Crippen LogP contribution in [-0.2, 0) is 6.54 Å². The maximum Gasteiger partial charge on any atom is 0.0559 e. The molecule has 1 saturated carbocycles. The Labute approximate surface area is 98.2 Å². The average Bonchev–Trinajstić information content (AvgIpc) is 2.86. The highest BCUT2D eigenvalue weighted by Crippen LogP contribution is 2.54. The zero-order valence-corrected chi connectivity index (χ0v) is 10.7. The normalized spacial score (nSPS) is 19.7. The van der Waals surface area contributed by atoms with Gasteiger partial charge in [-0.2, -0.15) is 5.10 Å². The highest BCUT2D eigenvalue weighted by molar-refractivity contribution is 5.15. The van der Waals surface area contributed by atoms with E-state index in [9.17, 15) is 0 Å². The van der Waals surface area contributed by atoms with E-state index in [-0.39, 0.29) is 0 Å². The van der Waals surface area contributed by atoms with Crippen molar-refractivity contribution < 1.29 is 0 Å². The third kappa shape index (κ3) is 2.14. The van der Waals surface area contributed by atoms with Crippen LogP contribution in [0.4, 0.5) is 0 Å². The van der Waals surface area contributed by atoms with Crippen molar-refractivity contribution >= 4 is 0 Å². The quantitative estimate of drug-likeness (QED) is 0.800. The van der Waals surface area contributed by atoms with Crippen molar-refractivity contribution in [2.24, 2.45) is 5.41 Å². The molecule has 0 radical (unpaired) electrons. The van der Waals surface area contributed by atoms with Gasteiger partial charge in [-0.05, 0) is 44.2 Å². The molecule has 16 heavy (non-hydrogen) atoms. The number of rotatable bonds is 6. The van der Waals surface area contributed by atoms with Crippen LogP contribution in [-0.4, -0.2) is 16.3 Å². The minimum atomic E-state index is 0.460. The van der Waals surface area contributed by atoms with Crippen LogP contribution >= 0.6 is 0 Å². The fraction of sp³-hybridized carbons (Fsp3) is 0.769. The lowest BCUT2D eigenvalue weighted by Crippen LogP contribution is -2.30. The number of aryl methyl sites for hydroxylation is 1. The van der Waals surface area contributed by atoms with Gasteiger partial charge in [0.25, 0.3) is 0 Å². The van der Waals surface area contributed by atoms with Gasteiger partial charge in [0.15, 0.2) is 0 Å². The standard InChI is InChI=1S/C13H23N3/c1-4-9-14-12(13(3)7-8-13)11-6-10-15-16(11)5-2/h6,10,12,14H,4-5,7-9H2,1-3H3. The molecule has 1 atom stereocenters. The first-order valence-corrected chi connectivity index (χ1v) is 6.46. The Morgan fingerprint density at radius 3 is 2.81 bits per heavy atom. The molecular formula is C13H23N3. The van der Waals surface area contributed by atoms with Crippen LogP contribution in [0.5, 0.6) is 0 Å². The van der Waals surface area contributed by atoms with Gasteiger partial charge in [-0.3, -0.25) is 4.68 Å². The monoisotopic (exact) mass is 221 g/mol. The molecule has 1 aromatic heterocycles. The summed E-state index contributed by atoms with van der Waals surface area (Å²) >= 11 is 0. The topological polar surface area (TPSA) is 29.9 Å². The third-order valence-electron chi connectivity index (χ3n) is 3.68. The van der Waals surface area contributed by atoms with Crippen molar-refractivity contribution in [3.63, 3.8) is 0 Å². The van der Waals surface area contributed by atoms with Gasteiger partial charge < -0.3 is 5.32 Å². The van der Waals surface area contributed by atoms with Gasteiger partial charge in [0, 0.05) is 12.7 Å². The predicted octanol–water partition coefficient (Wildman–Crippen LogP) is 2.74. The molecule has 1 aromatic rings. The molecule has 0 amide bonds. The molecule has 0 aliphatic heterocycles. The Hall–Kier alpha value is -0.830. The molecule has 0 bridgehead atoms. The van der Waals surface area contributed by atoms with E-state index in [2.05, 4.69) is 41.9 Å². The zero-order chi connectivity index (χ0) is 11.6. The molecule has 3 nitrogen and oxygen atoms in total. The minimum absolute atomic E-state index is 0.460. The van der Waals surface area contributed by atoms with Crippen LogP contribution in [0.1, 0.15) is 51.8 Å². The lowest BCUT2D eigenvalue weighted by atomic mass is 9.95. The Morgan fingerprint density at radius 1 is 1.50 bits per heavy atom. The minimum Gasteiger partial charge on any atom is -0.308 e. The second kappa shape index (κ2) is 4.58. The zero-order valence-electron chi connectivity index (χ0n) is 10.7. The molecule has 0 aromatic carbocycles. The molecule has 1 aliphatic rings. The van der Waals surface area contributed by atoms with Gasteiger partial charge >= 0.3 is 0 Å². The molecule has 1 aliphatic carbocycles. The van der Waals surface area contributed by atoms with E-state index in [1.165, 1.54) is 25.0 Å². The fourth-order valence-electron chi connectivity index (χ4n) is 2.33. The average molecular weight is 221 g/mol. The largest absolute Gasteiger partial charge is 0.308 e. The fourth-order valence-corrected chi connectivity index (χ4v) is 2.33. The molecular weight excluding hydrogens is 198 g/mol. The number of nitrogens with zero attached hydrogens (tertiary/aromatic N) is 2. The summed E-state index contributed by atoms with van der Waals surface area (Å²) in [6.07, 6.45) is 5.78. The van der Waals surface area contributed by atoms with Crippen molar-refractivity contribution in [3.8, 4) is 0 Å². The summed E-state index contributed by atoms with van der Waals surface area (Å²) in [4.78, 5) is 0. The van der Waals surface area contributed by atoms with Crippen LogP contribution in [0.2, 0.25) is 0 Å². The summed E-state index contributed by atoms with van der Waals surface area (Å²) in [5.74, 6) is 0. The smallest absolute Gasteiger partial charge is 0.0559 e. The van der Waals surface area contributed by atoms with E-state index in [0.717, 1.165) is 13.1 Å². The van der Waals surface area contributed by atoms with Crippen LogP contribution in [0.25, 0.3) is 0 Å². The van der Waals surface area contributed by atoms with Crippen molar-refractivity contribution in [1.82, 2.24) is 15.1 Å². The molecule has 1 fully saturated rings. The lowest BCUT2D eigenvalue weighted by molar-refractivity contribution is 0.344. The third-order valence-corrected chi connectivity index (χ3v) is 3.68. The van der Waals surface area contributed by atoms with Gasteiger partial charge in [0.1, 0.15) is 0 Å². The van der Waals surface area contributed by atoms with E-state index in [4.69, 9.17) is 0 Å². The molecule has 1 heterocycles. The van der Waals surface area contributed by atoms with Gasteiger partial charge in [-0.25, -0.2) is 0 Å². The van der Waals surface area contributed by atoms with E-state index in [1.54, 1.807) is 0 Å². The SMILES string of the molecule is CCCNC(c1ccnn1CC)C1(C)CC1. The first kappa shape index (κ1) is 11.6. The highest BCUT2D eigenvalue weighted by Gasteiger charge is 2.46. The second-order valence-corrected chi connectivity index (χ2v) is 5.11. The van der Waals surface area contributed by atoms with Crippen LogP contribution < -0.4 is 5.32 Å². The number of nitrogens with one attached hydrogen (secondary N) is 1. The molecule has 0 saturated heterocycles. The Kier molecular flexibility index (Phi) is 3.33. The van der Waals surface area contributed by atoms with E-state index >= 15 is 0 Å². The predicted molar refractivity (Wildman–Crippen MR) is 66.3 cm³/mol. The van der Waals surface area contributed by atoms with Crippen LogP contribution in [0, 0.1) is 5.41 Å². The molecule has 2 rings (SSSR count). The summed E-state index contributed by atoms with van der Waals surface area (Å²) in [6, 6.07) is 2.65. The lowest BCUT2D eigenvalue weighted by Gasteiger charge is -2.25. The van der Waals surface area contributed by atoms with Crippen LogP contribution in [0.3, 0.4) is 0 Å². The molecule has 0 spiro atoms. The van der Waals surface area contributed by atoms with Crippen molar-refractivity contribution in [2.75, 3.05) is 6.54 Å². The van der Waals surface area contributed by atoms with E-state index < -0.39 is 0 Å². The maximum absolute atomic E-state index is 4.38. The molecule has 3 heteroatoms. The van der Waals surface area contributed by atoms with Crippen molar-refractivity contribution in [1.29, 1.82) is 0 Å². The summed E-state index contributed by atoms with van der Waals surface area (Å²) < 4.78 is 2.12. The first-order chi connectivity index (χ1) is 7.71. The van der Waals surface area contributed by atoms with Crippen molar-refractivity contribution in [2.45, 2.75) is 52.6 Å². The Morgan fingerprint density at radius 2 is 2.25 bits per heavy atom. The van der Waals surface area contributed by atoms with E-state index in [1.807, 2.05) is 6.20 Å². The summed E-state index contributed by atoms with van der Waals surface area (Å²) in [5, 5.41) is 8.07. The van der Waals surface area contributed by atoms with Gasteiger partial charge in [-0.15, -0.1) is 0 Å². The summed E-state index contributed by atoms with van der Waals surface area (Å²) in [5.41, 5.74) is 1.82. The summed E-state index contributed by atoms with van der Waals surface area (Å²) in [7, 11) is 0. The van der Waals surface area contributed by atoms with Gasteiger partial charge in [0.2, 0.25) is 0 Å². The maximum atomic E-state index is 4.38. The number of hydrogen-bond donors (Lipinski definition) is 1. The van der Waals surface area contributed by atoms with Gasteiger partial charge in [-0.1, -0.05) is 13.8 Å². The Bertz CT molecular complexity index is 339. The molecule has 90 valence electrons.